The van der Waals surface area contributed by atoms with Crippen molar-refractivity contribution in [1.82, 2.24) is 15.5 Å². The van der Waals surface area contributed by atoms with Crippen LogP contribution in [0.25, 0.3) is 0 Å². The van der Waals surface area contributed by atoms with Crippen molar-refractivity contribution in [2.24, 2.45) is 0 Å². The Kier molecular flexibility index (Phi) is 5.92. The average molecular weight is 281 g/mol. The van der Waals surface area contributed by atoms with Crippen LogP contribution >= 0.6 is 11.8 Å². The molecular formula is C14H23N3OS. The molecule has 0 saturated heterocycles. The lowest BCUT2D eigenvalue weighted by Crippen LogP contribution is -2.25. The molecule has 1 aliphatic rings. The molecule has 1 heterocycles. The third-order valence-electron chi connectivity index (χ3n) is 3.62. The van der Waals surface area contributed by atoms with Gasteiger partial charge in [-0.1, -0.05) is 0 Å². The van der Waals surface area contributed by atoms with E-state index in [-0.39, 0.29) is 5.56 Å². The SMILES string of the molecule is CSCCCNCCc1n[nH]c(=O)c2c1CCCC2. The maximum atomic E-state index is 11.7. The van der Waals surface area contributed by atoms with Gasteiger partial charge in [0.05, 0.1) is 5.69 Å². The first-order valence-electron chi connectivity index (χ1n) is 7.12. The third-order valence-corrected chi connectivity index (χ3v) is 4.32. The van der Waals surface area contributed by atoms with E-state index >= 15 is 0 Å². The fourth-order valence-electron chi connectivity index (χ4n) is 2.61. The molecule has 1 aliphatic carbocycles. The second-order valence-corrected chi connectivity index (χ2v) is 6.00. The van der Waals surface area contributed by atoms with Gasteiger partial charge in [-0.05, 0) is 56.2 Å². The predicted molar refractivity (Wildman–Crippen MR) is 81.1 cm³/mol. The van der Waals surface area contributed by atoms with Gasteiger partial charge in [-0.25, -0.2) is 5.10 Å². The van der Waals surface area contributed by atoms with Crippen LogP contribution < -0.4 is 10.9 Å². The second-order valence-electron chi connectivity index (χ2n) is 5.01. The third kappa shape index (κ3) is 4.08. The summed E-state index contributed by atoms with van der Waals surface area (Å²) in [5.74, 6) is 1.21. The number of hydrogen-bond acceptors (Lipinski definition) is 4. The molecule has 2 N–H and O–H groups in total. The van der Waals surface area contributed by atoms with Crippen LogP contribution in [-0.2, 0) is 19.3 Å². The van der Waals surface area contributed by atoms with Crippen molar-refractivity contribution >= 4 is 11.8 Å². The Labute approximate surface area is 118 Å². The highest BCUT2D eigenvalue weighted by Gasteiger charge is 2.17. The zero-order valence-electron chi connectivity index (χ0n) is 11.6. The molecule has 4 nitrogen and oxygen atoms in total. The summed E-state index contributed by atoms with van der Waals surface area (Å²) in [6.07, 6.45) is 8.52. The summed E-state index contributed by atoms with van der Waals surface area (Å²) in [6.45, 7) is 2.01. The Morgan fingerprint density at radius 2 is 2.05 bits per heavy atom. The van der Waals surface area contributed by atoms with Gasteiger partial charge in [0.15, 0.2) is 0 Å². The molecule has 0 bridgehead atoms. The van der Waals surface area contributed by atoms with Gasteiger partial charge in [-0.3, -0.25) is 4.79 Å². The van der Waals surface area contributed by atoms with E-state index in [9.17, 15) is 4.79 Å². The Bertz CT molecular complexity index is 458. The van der Waals surface area contributed by atoms with Crippen LogP contribution in [0.3, 0.4) is 0 Å². The molecule has 0 amide bonds. The molecule has 0 saturated carbocycles. The van der Waals surface area contributed by atoms with E-state index in [1.807, 2.05) is 11.8 Å². The van der Waals surface area contributed by atoms with Crippen LogP contribution in [0.15, 0.2) is 4.79 Å². The number of aromatic amines is 1. The van der Waals surface area contributed by atoms with Gasteiger partial charge in [0.25, 0.3) is 5.56 Å². The summed E-state index contributed by atoms with van der Waals surface area (Å²) < 4.78 is 0. The van der Waals surface area contributed by atoms with E-state index < -0.39 is 0 Å². The smallest absolute Gasteiger partial charge is 0.267 e. The lowest BCUT2D eigenvalue weighted by Gasteiger charge is -2.17. The lowest BCUT2D eigenvalue weighted by atomic mass is 9.91. The topological polar surface area (TPSA) is 57.8 Å². The maximum absolute atomic E-state index is 11.7. The van der Waals surface area contributed by atoms with Crippen LogP contribution in [0.1, 0.15) is 36.1 Å². The molecule has 0 radical (unpaired) electrons. The van der Waals surface area contributed by atoms with E-state index in [4.69, 9.17) is 0 Å². The number of hydrogen-bond donors (Lipinski definition) is 2. The molecule has 1 aromatic rings. The minimum Gasteiger partial charge on any atom is -0.316 e. The van der Waals surface area contributed by atoms with Crippen molar-refractivity contribution in [3.05, 3.63) is 27.2 Å². The van der Waals surface area contributed by atoms with Gasteiger partial charge < -0.3 is 5.32 Å². The molecule has 19 heavy (non-hydrogen) atoms. The zero-order valence-corrected chi connectivity index (χ0v) is 12.4. The van der Waals surface area contributed by atoms with Gasteiger partial charge in [-0.15, -0.1) is 0 Å². The van der Waals surface area contributed by atoms with Crippen LogP contribution in [0.5, 0.6) is 0 Å². The van der Waals surface area contributed by atoms with Crippen molar-refractivity contribution in [1.29, 1.82) is 0 Å². The molecule has 0 aliphatic heterocycles. The van der Waals surface area contributed by atoms with Crippen LogP contribution in [0, 0.1) is 0 Å². The molecule has 1 aromatic heterocycles. The summed E-state index contributed by atoms with van der Waals surface area (Å²) in [4.78, 5) is 11.7. The molecule has 0 unspecified atom stereocenters. The number of fused-ring (bicyclic) bond motifs is 1. The van der Waals surface area contributed by atoms with Gasteiger partial charge in [0, 0.05) is 18.5 Å². The first-order chi connectivity index (χ1) is 9.33. The van der Waals surface area contributed by atoms with Gasteiger partial charge in [-0.2, -0.15) is 16.9 Å². The van der Waals surface area contributed by atoms with Gasteiger partial charge >= 0.3 is 0 Å². The van der Waals surface area contributed by atoms with Crippen molar-refractivity contribution in [3.63, 3.8) is 0 Å². The summed E-state index contributed by atoms with van der Waals surface area (Å²) in [5, 5.41) is 10.3. The predicted octanol–water partition coefficient (Wildman–Crippen LogP) is 1.53. The summed E-state index contributed by atoms with van der Waals surface area (Å²) in [7, 11) is 0. The first-order valence-corrected chi connectivity index (χ1v) is 8.51. The minimum absolute atomic E-state index is 0.0198. The van der Waals surface area contributed by atoms with E-state index in [0.29, 0.717) is 0 Å². The maximum Gasteiger partial charge on any atom is 0.267 e. The largest absolute Gasteiger partial charge is 0.316 e. The highest BCUT2D eigenvalue weighted by Crippen LogP contribution is 2.20. The van der Waals surface area contributed by atoms with Crippen molar-refractivity contribution < 1.29 is 0 Å². The van der Waals surface area contributed by atoms with Crippen LogP contribution in [0.4, 0.5) is 0 Å². The molecule has 2 rings (SSSR count). The standard InChI is InChI=1S/C14H23N3OS/c1-19-10-4-8-15-9-7-13-11-5-2-3-6-12(11)14(18)17-16-13/h15H,2-10H2,1H3,(H,17,18). The highest BCUT2D eigenvalue weighted by molar-refractivity contribution is 7.98. The highest BCUT2D eigenvalue weighted by atomic mass is 32.2. The number of aromatic nitrogens is 2. The van der Waals surface area contributed by atoms with Crippen LogP contribution in [0.2, 0.25) is 0 Å². The van der Waals surface area contributed by atoms with Gasteiger partial charge in [0.1, 0.15) is 0 Å². The van der Waals surface area contributed by atoms with Crippen molar-refractivity contribution in [3.8, 4) is 0 Å². The minimum atomic E-state index is 0.0198. The molecular weight excluding hydrogens is 258 g/mol. The Morgan fingerprint density at radius 1 is 1.26 bits per heavy atom. The van der Waals surface area contributed by atoms with Crippen molar-refractivity contribution in [2.45, 2.75) is 38.5 Å². The molecule has 5 heteroatoms. The number of nitrogens with zero attached hydrogens (tertiary/aromatic N) is 1. The first kappa shape index (κ1) is 14.6. The monoisotopic (exact) mass is 281 g/mol. The summed E-state index contributed by atoms with van der Waals surface area (Å²) >= 11 is 1.88. The Hall–Kier alpha value is -0.810. The van der Waals surface area contributed by atoms with E-state index in [1.54, 1.807) is 0 Å². The zero-order chi connectivity index (χ0) is 13.5. The molecule has 0 atom stereocenters. The molecule has 0 spiro atoms. The molecule has 0 aromatic carbocycles. The normalized spacial score (nSPS) is 14.4. The lowest BCUT2D eigenvalue weighted by molar-refractivity contribution is 0.628. The summed E-state index contributed by atoms with van der Waals surface area (Å²) in [5.41, 5.74) is 3.32. The number of H-pyrrole nitrogens is 1. The second kappa shape index (κ2) is 7.70. The molecule has 0 fully saturated rings. The number of rotatable bonds is 7. The fraction of sp³-hybridized carbons (Fsp3) is 0.714. The quantitative estimate of drug-likeness (QED) is 0.744. The fourth-order valence-corrected chi connectivity index (χ4v) is 3.04. The Morgan fingerprint density at radius 3 is 2.84 bits per heavy atom. The van der Waals surface area contributed by atoms with E-state index in [0.717, 1.165) is 50.0 Å². The summed E-state index contributed by atoms with van der Waals surface area (Å²) in [6, 6.07) is 0. The molecule has 106 valence electrons. The average Bonchev–Trinajstić information content (AvgIpc) is 2.45. The number of thioether (sulfide) groups is 1. The van der Waals surface area contributed by atoms with Gasteiger partial charge in [0.2, 0.25) is 0 Å². The van der Waals surface area contributed by atoms with E-state index in [1.165, 1.54) is 24.2 Å². The van der Waals surface area contributed by atoms with Crippen LogP contribution in [-0.4, -0.2) is 35.3 Å². The van der Waals surface area contributed by atoms with Crippen molar-refractivity contribution in [2.75, 3.05) is 25.1 Å². The number of nitrogens with one attached hydrogen (secondary N) is 2. The Balaban J connectivity index is 1.88. The van der Waals surface area contributed by atoms with E-state index in [2.05, 4.69) is 21.8 Å².